The predicted octanol–water partition coefficient (Wildman–Crippen LogP) is 3.00. The molecule has 0 bridgehead atoms. The molecule has 0 fully saturated rings. The number of aromatic carboxylic acids is 1. The van der Waals surface area contributed by atoms with Crippen LogP contribution < -0.4 is 5.73 Å². The topological polar surface area (TPSA) is 63.3 Å². The quantitative estimate of drug-likeness (QED) is 0.836. The van der Waals surface area contributed by atoms with Gasteiger partial charge in [-0.1, -0.05) is 31.9 Å². The van der Waals surface area contributed by atoms with Crippen LogP contribution in [-0.2, 0) is 0 Å². The van der Waals surface area contributed by atoms with Crippen molar-refractivity contribution in [2.45, 2.75) is 32.2 Å². The van der Waals surface area contributed by atoms with Crippen molar-refractivity contribution in [2.75, 3.05) is 0 Å². The summed E-state index contributed by atoms with van der Waals surface area (Å²) in [6.45, 7) is 2.13. The number of hydrogen-bond acceptors (Lipinski definition) is 2. The Bertz CT molecular complexity index is 324. The summed E-state index contributed by atoms with van der Waals surface area (Å²) in [5, 5.41) is 8.72. The molecule has 0 saturated carbocycles. The van der Waals surface area contributed by atoms with Crippen LogP contribution in [0.15, 0.2) is 24.3 Å². The third kappa shape index (κ3) is 4.21. The fraction of sp³-hybridized carbons (Fsp3) is 0.417. The zero-order valence-electron chi connectivity index (χ0n) is 9.35. The number of halogens is 1. The van der Waals surface area contributed by atoms with Crippen LogP contribution in [0.1, 0.15) is 48.1 Å². The smallest absolute Gasteiger partial charge is 0.335 e. The Morgan fingerprint density at radius 1 is 1.38 bits per heavy atom. The Kier molecular flexibility index (Phi) is 6.77. The first kappa shape index (κ1) is 14.9. The molecule has 0 heterocycles. The molecule has 1 aromatic carbocycles. The van der Waals surface area contributed by atoms with Gasteiger partial charge in [-0.25, -0.2) is 4.79 Å². The van der Waals surface area contributed by atoms with Gasteiger partial charge < -0.3 is 10.8 Å². The predicted molar refractivity (Wildman–Crippen MR) is 67.1 cm³/mol. The van der Waals surface area contributed by atoms with Gasteiger partial charge in [0.1, 0.15) is 0 Å². The van der Waals surface area contributed by atoms with Gasteiger partial charge in [0.05, 0.1) is 5.56 Å². The lowest BCUT2D eigenvalue weighted by Gasteiger charge is -2.11. The maximum Gasteiger partial charge on any atom is 0.335 e. The Morgan fingerprint density at radius 2 is 1.94 bits per heavy atom. The van der Waals surface area contributed by atoms with Crippen LogP contribution in [0.2, 0.25) is 0 Å². The number of rotatable bonds is 5. The molecule has 0 aliphatic heterocycles. The number of hydrogen-bond donors (Lipinski definition) is 2. The minimum absolute atomic E-state index is 0. The van der Waals surface area contributed by atoms with Crippen LogP contribution in [0.5, 0.6) is 0 Å². The van der Waals surface area contributed by atoms with Crippen LogP contribution in [0.4, 0.5) is 0 Å². The normalized spacial score (nSPS) is 11.6. The summed E-state index contributed by atoms with van der Waals surface area (Å²) in [6, 6.07) is 6.81. The standard InChI is InChI=1S/C12H17NO2.ClH/c1-2-3-4-11(13)9-5-7-10(8-6-9)12(14)15;/h5-8,11H,2-4,13H2,1H3,(H,14,15);1H/t11-;/m1./s1. The Morgan fingerprint density at radius 3 is 2.38 bits per heavy atom. The van der Waals surface area contributed by atoms with E-state index in [1.807, 2.05) is 0 Å². The molecule has 0 amide bonds. The number of nitrogens with two attached hydrogens (primary N) is 1. The lowest BCUT2D eigenvalue weighted by Crippen LogP contribution is -2.10. The van der Waals surface area contributed by atoms with Crippen LogP contribution in [0, 0.1) is 0 Å². The minimum Gasteiger partial charge on any atom is -0.478 e. The van der Waals surface area contributed by atoms with E-state index in [9.17, 15) is 4.79 Å². The molecule has 1 atom stereocenters. The maximum absolute atomic E-state index is 10.6. The number of carboxylic acid groups (broad SMARTS) is 1. The summed E-state index contributed by atoms with van der Waals surface area (Å²) >= 11 is 0. The number of unbranched alkanes of at least 4 members (excludes halogenated alkanes) is 1. The fourth-order valence-corrected chi connectivity index (χ4v) is 1.46. The van der Waals surface area contributed by atoms with Gasteiger partial charge in [0.25, 0.3) is 0 Å². The largest absolute Gasteiger partial charge is 0.478 e. The van der Waals surface area contributed by atoms with Crippen LogP contribution in [0.3, 0.4) is 0 Å². The van der Waals surface area contributed by atoms with Crippen LogP contribution in [-0.4, -0.2) is 11.1 Å². The summed E-state index contributed by atoms with van der Waals surface area (Å²) in [5.74, 6) is -0.899. The molecular formula is C12H18ClNO2. The highest BCUT2D eigenvalue weighted by Crippen LogP contribution is 2.17. The molecule has 0 spiro atoms. The molecule has 0 aromatic heterocycles. The summed E-state index contributed by atoms with van der Waals surface area (Å²) in [4.78, 5) is 10.6. The highest BCUT2D eigenvalue weighted by Gasteiger charge is 2.07. The second kappa shape index (κ2) is 7.25. The Labute approximate surface area is 102 Å². The highest BCUT2D eigenvalue weighted by atomic mass is 35.5. The van der Waals surface area contributed by atoms with Gasteiger partial charge in [-0.05, 0) is 24.1 Å². The van der Waals surface area contributed by atoms with Crippen molar-refractivity contribution in [3.05, 3.63) is 35.4 Å². The van der Waals surface area contributed by atoms with Gasteiger partial charge in [-0.2, -0.15) is 0 Å². The molecular weight excluding hydrogens is 226 g/mol. The SMILES string of the molecule is CCCC[C@@H](N)c1ccc(C(=O)O)cc1.Cl. The Hall–Kier alpha value is -1.06. The highest BCUT2D eigenvalue weighted by molar-refractivity contribution is 5.87. The zero-order chi connectivity index (χ0) is 11.3. The first-order valence-corrected chi connectivity index (χ1v) is 5.24. The molecule has 90 valence electrons. The monoisotopic (exact) mass is 243 g/mol. The molecule has 0 radical (unpaired) electrons. The van der Waals surface area contributed by atoms with Crippen molar-refractivity contribution < 1.29 is 9.90 Å². The van der Waals surface area contributed by atoms with E-state index >= 15 is 0 Å². The van der Waals surface area contributed by atoms with Gasteiger partial charge in [-0.3, -0.25) is 0 Å². The lowest BCUT2D eigenvalue weighted by atomic mass is 10.0. The van der Waals surface area contributed by atoms with Crippen molar-refractivity contribution in [3.8, 4) is 0 Å². The van der Waals surface area contributed by atoms with E-state index in [1.165, 1.54) is 0 Å². The summed E-state index contributed by atoms with van der Waals surface area (Å²) in [6.07, 6.45) is 3.17. The van der Waals surface area contributed by atoms with Gasteiger partial charge in [0.2, 0.25) is 0 Å². The number of benzene rings is 1. The third-order valence-corrected chi connectivity index (χ3v) is 2.45. The summed E-state index contributed by atoms with van der Waals surface area (Å²) in [7, 11) is 0. The molecule has 16 heavy (non-hydrogen) atoms. The first-order chi connectivity index (χ1) is 7.15. The summed E-state index contributed by atoms with van der Waals surface area (Å²) in [5.41, 5.74) is 7.27. The second-order valence-corrected chi connectivity index (χ2v) is 3.68. The molecule has 0 aliphatic rings. The van der Waals surface area contributed by atoms with E-state index < -0.39 is 5.97 Å². The molecule has 1 rings (SSSR count). The van der Waals surface area contributed by atoms with Gasteiger partial charge in [0.15, 0.2) is 0 Å². The molecule has 1 aromatic rings. The molecule has 4 heteroatoms. The third-order valence-electron chi connectivity index (χ3n) is 2.45. The summed E-state index contributed by atoms with van der Waals surface area (Å²) < 4.78 is 0. The van der Waals surface area contributed by atoms with Crippen LogP contribution in [0.25, 0.3) is 0 Å². The van der Waals surface area contributed by atoms with Crippen molar-refractivity contribution in [1.29, 1.82) is 0 Å². The van der Waals surface area contributed by atoms with Gasteiger partial charge in [0, 0.05) is 6.04 Å². The van der Waals surface area contributed by atoms with Crippen molar-refractivity contribution >= 4 is 18.4 Å². The second-order valence-electron chi connectivity index (χ2n) is 3.68. The van der Waals surface area contributed by atoms with Crippen molar-refractivity contribution in [2.24, 2.45) is 5.73 Å². The van der Waals surface area contributed by atoms with Gasteiger partial charge in [-0.15, -0.1) is 12.4 Å². The Balaban J connectivity index is 0.00000225. The van der Waals surface area contributed by atoms with E-state index in [1.54, 1.807) is 24.3 Å². The van der Waals surface area contributed by atoms with Crippen LogP contribution >= 0.6 is 12.4 Å². The molecule has 0 saturated heterocycles. The fourth-order valence-electron chi connectivity index (χ4n) is 1.46. The molecule has 0 unspecified atom stereocenters. The minimum atomic E-state index is -0.899. The molecule has 3 nitrogen and oxygen atoms in total. The number of carboxylic acids is 1. The maximum atomic E-state index is 10.6. The lowest BCUT2D eigenvalue weighted by molar-refractivity contribution is 0.0697. The molecule has 0 aliphatic carbocycles. The van der Waals surface area contributed by atoms with E-state index in [-0.39, 0.29) is 18.4 Å². The van der Waals surface area contributed by atoms with Gasteiger partial charge >= 0.3 is 5.97 Å². The van der Waals surface area contributed by atoms with E-state index in [0.29, 0.717) is 5.56 Å². The number of carbonyl (C=O) groups is 1. The van der Waals surface area contributed by atoms with Crippen molar-refractivity contribution in [1.82, 2.24) is 0 Å². The van der Waals surface area contributed by atoms with E-state index in [4.69, 9.17) is 10.8 Å². The first-order valence-electron chi connectivity index (χ1n) is 5.24. The van der Waals surface area contributed by atoms with Crippen molar-refractivity contribution in [3.63, 3.8) is 0 Å². The molecule has 3 N–H and O–H groups in total. The van der Waals surface area contributed by atoms with E-state index in [2.05, 4.69) is 6.92 Å². The van der Waals surface area contributed by atoms with E-state index in [0.717, 1.165) is 24.8 Å². The zero-order valence-corrected chi connectivity index (χ0v) is 10.2. The average molecular weight is 244 g/mol. The average Bonchev–Trinajstić information content (AvgIpc) is 2.26.